The van der Waals surface area contributed by atoms with E-state index in [0.29, 0.717) is 18.6 Å². The summed E-state index contributed by atoms with van der Waals surface area (Å²) >= 11 is 0. The third-order valence-corrected chi connectivity index (χ3v) is 8.49. The smallest absolute Gasteiger partial charge is 0.323 e. The quantitative estimate of drug-likeness (QED) is 0.138. The van der Waals surface area contributed by atoms with Crippen molar-refractivity contribution in [2.45, 2.75) is 65.3 Å². The van der Waals surface area contributed by atoms with Gasteiger partial charge in [-0.25, -0.2) is 4.39 Å². The van der Waals surface area contributed by atoms with E-state index >= 15 is 0 Å². The van der Waals surface area contributed by atoms with Gasteiger partial charge < -0.3 is 19.5 Å². The zero-order valence-corrected chi connectivity index (χ0v) is 24.6. The molecule has 4 aromatic rings. The fraction of sp³-hybridized carbons (Fsp3) is 0.333. The van der Waals surface area contributed by atoms with Crippen molar-refractivity contribution >= 4 is 22.8 Å². The van der Waals surface area contributed by atoms with Gasteiger partial charge in [0.15, 0.2) is 0 Å². The van der Waals surface area contributed by atoms with Crippen LogP contribution >= 0.6 is 0 Å². The fourth-order valence-corrected chi connectivity index (χ4v) is 5.85. The second-order valence-electron chi connectivity index (χ2n) is 11.6. The number of benzene rings is 3. The summed E-state index contributed by atoms with van der Waals surface area (Å²) in [4.78, 5) is 23.2. The summed E-state index contributed by atoms with van der Waals surface area (Å²) in [6, 6.07) is 18.6. The number of unbranched alkanes of at least 4 members (excludes halogenated alkanes) is 1. The highest BCUT2D eigenvalue weighted by Crippen LogP contribution is 2.52. The minimum Gasteiger partial charge on any atom is -0.494 e. The van der Waals surface area contributed by atoms with Crippen LogP contribution in [-0.2, 0) is 29.0 Å². The number of halogens is 1. The van der Waals surface area contributed by atoms with Crippen LogP contribution in [0.5, 0.6) is 5.75 Å². The number of carboxylic acids is 2. The monoisotopic (exact) mass is 581 g/mol. The number of ether oxygens (including phenoxy) is 1. The summed E-state index contributed by atoms with van der Waals surface area (Å²) in [6.45, 7) is 4.10. The molecule has 6 nitrogen and oxygen atoms in total. The zero-order chi connectivity index (χ0) is 30.6. The molecule has 0 atom stereocenters. The molecule has 1 aromatic heterocycles. The molecular formula is C36H36FNO5. The van der Waals surface area contributed by atoms with Gasteiger partial charge in [0.2, 0.25) is 0 Å². The van der Waals surface area contributed by atoms with Crippen molar-refractivity contribution in [1.82, 2.24) is 4.57 Å². The van der Waals surface area contributed by atoms with E-state index in [1.54, 1.807) is 10.6 Å². The number of aryl methyl sites for hydroxylation is 1. The van der Waals surface area contributed by atoms with Crippen molar-refractivity contribution in [3.8, 4) is 17.6 Å². The molecule has 0 saturated heterocycles. The number of hydrogen-bond donors (Lipinski definition) is 2. The lowest BCUT2D eigenvalue weighted by Crippen LogP contribution is -2.13. The average Bonchev–Trinajstić information content (AvgIpc) is 3.68. The Balaban J connectivity index is 1.28. The molecule has 43 heavy (non-hydrogen) atoms. The Kier molecular flexibility index (Phi) is 8.86. The molecule has 2 N–H and O–H groups in total. The third kappa shape index (κ3) is 7.09. The number of nitrogens with zero attached hydrogens (tertiary/aromatic N) is 1. The van der Waals surface area contributed by atoms with Crippen molar-refractivity contribution in [2.24, 2.45) is 5.41 Å². The van der Waals surface area contributed by atoms with Crippen LogP contribution in [0.15, 0.2) is 60.7 Å². The largest absolute Gasteiger partial charge is 0.494 e. The molecule has 1 fully saturated rings. The molecule has 0 aliphatic heterocycles. The molecule has 1 heterocycles. The van der Waals surface area contributed by atoms with Gasteiger partial charge >= 0.3 is 11.9 Å². The van der Waals surface area contributed by atoms with Crippen LogP contribution in [0.1, 0.15) is 65.6 Å². The molecule has 5 rings (SSSR count). The predicted molar refractivity (Wildman–Crippen MR) is 164 cm³/mol. The first kappa shape index (κ1) is 29.9. The molecule has 1 aliphatic carbocycles. The SMILES string of the molecule is Cc1c(F)cccc1CCCCOc1ccc(C#Cc2cccc3c(CC4(CC(=O)O)CC4)c(C)n(CC(=O)O)c23)cc1. The lowest BCUT2D eigenvalue weighted by atomic mass is 9.91. The maximum absolute atomic E-state index is 13.7. The number of carbonyl (C=O) groups is 2. The Morgan fingerprint density at radius 3 is 2.40 bits per heavy atom. The second kappa shape index (κ2) is 12.7. The van der Waals surface area contributed by atoms with Crippen LogP contribution < -0.4 is 4.74 Å². The van der Waals surface area contributed by atoms with Gasteiger partial charge in [0.1, 0.15) is 18.1 Å². The Morgan fingerprint density at radius 2 is 1.70 bits per heavy atom. The number of hydrogen-bond acceptors (Lipinski definition) is 3. The van der Waals surface area contributed by atoms with Crippen molar-refractivity contribution in [3.05, 3.63) is 100.0 Å². The molecule has 0 bridgehead atoms. The van der Waals surface area contributed by atoms with Gasteiger partial charge in [-0.15, -0.1) is 0 Å². The van der Waals surface area contributed by atoms with Crippen molar-refractivity contribution in [2.75, 3.05) is 6.61 Å². The normalized spacial score (nSPS) is 13.4. The van der Waals surface area contributed by atoms with Crippen molar-refractivity contribution in [1.29, 1.82) is 0 Å². The Hall–Kier alpha value is -4.57. The van der Waals surface area contributed by atoms with E-state index in [9.17, 15) is 24.2 Å². The summed E-state index contributed by atoms with van der Waals surface area (Å²) < 4.78 is 21.4. The van der Waals surface area contributed by atoms with Gasteiger partial charge in [-0.1, -0.05) is 36.1 Å². The molecule has 0 unspecified atom stereocenters. The van der Waals surface area contributed by atoms with E-state index in [1.807, 2.05) is 62.4 Å². The van der Waals surface area contributed by atoms with Crippen LogP contribution in [0.25, 0.3) is 10.9 Å². The maximum Gasteiger partial charge on any atom is 0.323 e. The van der Waals surface area contributed by atoms with Crippen molar-refractivity contribution in [3.63, 3.8) is 0 Å². The lowest BCUT2D eigenvalue weighted by molar-refractivity contribution is -0.139. The Labute approximate surface area is 251 Å². The first-order valence-corrected chi connectivity index (χ1v) is 14.7. The molecule has 222 valence electrons. The van der Waals surface area contributed by atoms with E-state index in [2.05, 4.69) is 11.8 Å². The average molecular weight is 582 g/mol. The minimum atomic E-state index is -0.944. The summed E-state index contributed by atoms with van der Waals surface area (Å²) in [7, 11) is 0. The van der Waals surface area contributed by atoms with Gasteiger partial charge in [-0.2, -0.15) is 0 Å². The van der Waals surface area contributed by atoms with Gasteiger partial charge in [-0.3, -0.25) is 9.59 Å². The second-order valence-corrected chi connectivity index (χ2v) is 11.6. The Morgan fingerprint density at radius 1 is 0.953 bits per heavy atom. The van der Waals surface area contributed by atoms with E-state index in [0.717, 1.165) is 76.7 Å². The molecule has 0 radical (unpaired) electrons. The standard InChI is InChI=1S/C36H36FNO5/c1-24-27(8-6-11-32(24)37)7-3-4-20-43-29-16-13-26(14-17-29)12-15-28-9-5-10-30-31(21-36(18-19-36)22-33(39)40)25(2)38(35(28)30)23-34(41)42/h5-6,8-11,13-14,16-17H,3-4,7,18-23H2,1-2H3,(H,39,40)(H,41,42). The van der Waals surface area contributed by atoms with Crippen LogP contribution in [0, 0.1) is 36.9 Å². The maximum atomic E-state index is 13.7. The van der Waals surface area contributed by atoms with Crippen LogP contribution in [0.4, 0.5) is 4.39 Å². The molecule has 1 saturated carbocycles. The molecule has 0 spiro atoms. The van der Waals surface area contributed by atoms with Gasteiger partial charge in [0.25, 0.3) is 0 Å². The number of carboxylic acid groups (broad SMARTS) is 2. The zero-order valence-electron chi connectivity index (χ0n) is 24.6. The fourth-order valence-electron chi connectivity index (χ4n) is 5.85. The highest BCUT2D eigenvalue weighted by Gasteiger charge is 2.45. The molecule has 3 aromatic carbocycles. The van der Waals surface area contributed by atoms with Crippen LogP contribution in [0.3, 0.4) is 0 Å². The number of fused-ring (bicyclic) bond motifs is 1. The van der Waals surface area contributed by atoms with Gasteiger partial charge in [0, 0.05) is 22.2 Å². The summed E-state index contributed by atoms with van der Waals surface area (Å²) in [6.07, 6.45) is 5.02. The van der Waals surface area contributed by atoms with E-state index in [-0.39, 0.29) is 24.2 Å². The van der Waals surface area contributed by atoms with Gasteiger partial charge in [0.05, 0.1) is 18.5 Å². The first-order chi connectivity index (χ1) is 20.7. The van der Waals surface area contributed by atoms with E-state index < -0.39 is 11.9 Å². The lowest BCUT2D eigenvalue weighted by Gasteiger charge is -2.13. The summed E-state index contributed by atoms with van der Waals surface area (Å²) in [5, 5.41) is 20.0. The molecule has 1 aliphatic rings. The topological polar surface area (TPSA) is 88.8 Å². The number of para-hydroxylation sites is 1. The number of aliphatic carboxylic acids is 2. The van der Waals surface area contributed by atoms with Crippen LogP contribution in [0.2, 0.25) is 0 Å². The summed E-state index contributed by atoms with van der Waals surface area (Å²) in [5.41, 5.74) is 5.63. The highest BCUT2D eigenvalue weighted by molar-refractivity contribution is 5.91. The number of rotatable bonds is 12. The van der Waals surface area contributed by atoms with E-state index in [1.165, 1.54) is 6.07 Å². The van der Waals surface area contributed by atoms with Crippen molar-refractivity contribution < 1.29 is 28.9 Å². The van der Waals surface area contributed by atoms with Gasteiger partial charge in [-0.05, 0) is 111 Å². The predicted octanol–water partition coefficient (Wildman–Crippen LogP) is 7.08. The minimum absolute atomic E-state index is 0.117. The number of aromatic nitrogens is 1. The third-order valence-electron chi connectivity index (χ3n) is 8.49. The molecular weight excluding hydrogens is 545 g/mol. The molecule has 0 amide bonds. The summed E-state index contributed by atoms with van der Waals surface area (Å²) in [5.74, 6) is 5.29. The van der Waals surface area contributed by atoms with E-state index in [4.69, 9.17) is 4.74 Å². The Bertz CT molecular complexity index is 1720. The first-order valence-electron chi connectivity index (χ1n) is 14.7. The molecule has 7 heteroatoms. The highest BCUT2D eigenvalue weighted by atomic mass is 19.1. The van der Waals surface area contributed by atoms with Crippen LogP contribution in [-0.4, -0.2) is 33.3 Å².